The number of aromatic nitrogens is 4. The summed E-state index contributed by atoms with van der Waals surface area (Å²) >= 11 is 0. The molecule has 3 atom stereocenters. The van der Waals surface area contributed by atoms with E-state index in [-0.39, 0.29) is 31.8 Å². The minimum Gasteiger partial charge on any atom is -0.481 e. The summed E-state index contributed by atoms with van der Waals surface area (Å²) in [6.07, 6.45) is 2.87. The Morgan fingerprint density at radius 3 is 2.63 bits per heavy atom. The smallest absolute Gasteiger partial charge is 0.326 e. The standard InChI is InChI=1S/C21H35N6O7P/c1-6-8-32-20(30)21(4,5)26-35(31,34-9-7-14(2)19(28)29)13-33-15(3)10-27-12-25-16-17(22)23-11-24-18(16)27/h11-12,14-15H,6-10,13H2,1-5H3,(H,26,31)(H,28,29)(H2,22,23,24). The highest BCUT2D eigenvalue weighted by atomic mass is 31.2. The first kappa shape index (κ1) is 28.6. The fraction of sp³-hybridized carbons (Fsp3) is 0.667. The summed E-state index contributed by atoms with van der Waals surface area (Å²) < 4.78 is 32.0. The number of ether oxygens (including phenoxy) is 2. The predicted octanol–water partition coefficient (Wildman–Crippen LogP) is 2.41. The summed E-state index contributed by atoms with van der Waals surface area (Å²) in [6, 6.07) is 0. The molecule has 35 heavy (non-hydrogen) atoms. The van der Waals surface area contributed by atoms with Crippen LogP contribution < -0.4 is 10.8 Å². The number of hydrogen-bond donors (Lipinski definition) is 3. The van der Waals surface area contributed by atoms with Crippen molar-refractivity contribution >= 4 is 36.4 Å². The summed E-state index contributed by atoms with van der Waals surface area (Å²) in [5.74, 6) is -1.99. The van der Waals surface area contributed by atoms with Gasteiger partial charge < -0.3 is 29.4 Å². The molecule has 0 aliphatic heterocycles. The van der Waals surface area contributed by atoms with Gasteiger partial charge in [0.25, 0.3) is 7.52 Å². The monoisotopic (exact) mass is 514 g/mol. The average molecular weight is 515 g/mol. The zero-order valence-corrected chi connectivity index (χ0v) is 21.7. The lowest BCUT2D eigenvalue weighted by Gasteiger charge is -2.30. The van der Waals surface area contributed by atoms with E-state index in [2.05, 4.69) is 20.0 Å². The number of carbonyl (C=O) groups excluding carboxylic acids is 1. The molecule has 0 spiro atoms. The highest BCUT2D eigenvalue weighted by molar-refractivity contribution is 7.56. The van der Waals surface area contributed by atoms with Gasteiger partial charge in [0.1, 0.15) is 23.7 Å². The highest BCUT2D eigenvalue weighted by Crippen LogP contribution is 2.45. The lowest BCUT2D eigenvalue weighted by molar-refractivity contribution is -0.149. The zero-order chi connectivity index (χ0) is 26.2. The van der Waals surface area contributed by atoms with E-state index in [1.165, 1.54) is 27.1 Å². The molecular formula is C21H35N6O7P. The van der Waals surface area contributed by atoms with Crippen molar-refractivity contribution in [1.82, 2.24) is 24.6 Å². The largest absolute Gasteiger partial charge is 0.481 e. The van der Waals surface area contributed by atoms with Gasteiger partial charge in [0.15, 0.2) is 11.5 Å². The molecule has 0 aromatic carbocycles. The first-order chi connectivity index (χ1) is 16.4. The van der Waals surface area contributed by atoms with Gasteiger partial charge in [-0.1, -0.05) is 13.8 Å². The molecule has 2 heterocycles. The molecule has 4 N–H and O–H groups in total. The van der Waals surface area contributed by atoms with Crippen molar-refractivity contribution in [3.8, 4) is 0 Å². The molecule has 0 bridgehead atoms. The number of nitrogens with zero attached hydrogens (tertiary/aromatic N) is 4. The predicted molar refractivity (Wildman–Crippen MR) is 129 cm³/mol. The summed E-state index contributed by atoms with van der Waals surface area (Å²) in [5.41, 5.74) is 5.50. The molecule has 0 fully saturated rings. The van der Waals surface area contributed by atoms with Crippen LogP contribution in [0.15, 0.2) is 12.7 Å². The van der Waals surface area contributed by atoms with Crippen molar-refractivity contribution in [2.45, 2.75) is 65.6 Å². The van der Waals surface area contributed by atoms with Gasteiger partial charge in [-0.05, 0) is 33.6 Å². The van der Waals surface area contributed by atoms with Crippen molar-refractivity contribution in [3.05, 3.63) is 12.7 Å². The Labute approximate surface area is 204 Å². The molecular weight excluding hydrogens is 479 g/mol. The summed E-state index contributed by atoms with van der Waals surface area (Å²) in [4.78, 5) is 35.9. The Kier molecular flexibility index (Phi) is 10.1. The Morgan fingerprint density at radius 1 is 1.26 bits per heavy atom. The van der Waals surface area contributed by atoms with E-state index in [4.69, 9.17) is 24.8 Å². The molecule has 0 saturated heterocycles. The van der Waals surface area contributed by atoms with E-state index >= 15 is 0 Å². The number of imidazole rings is 1. The van der Waals surface area contributed by atoms with Crippen molar-refractivity contribution in [1.29, 1.82) is 0 Å². The Bertz CT molecular complexity index is 1060. The third-order valence-electron chi connectivity index (χ3n) is 5.08. The van der Waals surface area contributed by atoms with Crippen LogP contribution >= 0.6 is 7.52 Å². The van der Waals surface area contributed by atoms with Crippen molar-refractivity contribution in [2.24, 2.45) is 5.92 Å². The molecule has 13 nitrogen and oxygen atoms in total. The number of carbonyl (C=O) groups is 2. The molecule has 196 valence electrons. The molecule has 14 heteroatoms. The first-order valence-corrected chi connectivity index (χ1v) is 13.2. The fourth-order valence-corrected chi connectivity index (χ4v) is 5.03. The lowest BCUT2D eigenvalue weighted by atomic mass is 10.1. The van der Waals surface area contributed by atoms with E-state index in [9.17, 15) is 14.2 Å². The normalized spacial score (nSPS) is 15.5. The van der Waals surface area contributed by atoms with Gasteiger partial charge in [-0.25, -0.2) is 20.0 Å². The maximum atomic E-state index is 13.7. The third kappa shape index (κ3) is 8.24. The molecule has 2 aromatic rings. The van der Waals surface area contributed by atoms with Crippen molar-refractivity contribution in [2.75, 3.05) is 25.3 Å². The van der Waals surface area contributed by atoms with Crippen LogP contribution in [0.5, 0.6) is 0 Å². The topological polar surface area (TPSA) is 181 Å². The first-order valence-electron chi connectivity index (χ1n) is 11.3. The van der Waals surface area contributed by atoms with Crippen molar-refractivity contribution in [3.63, 3.8) is 0 Å². The van der Waals surface area contributed by atoms with Gasteiger partial charge in [-0.2, -0.15) is 0 Å². The van der Waals surface area contributed by atoms with E-state index in [0.29, 0.717) is 24.1 Å². The molecule has 2 rings (SSSR count). The maximum absolute atomic E-state index is 13.7. The third-order valence-corrected chi connectivity index (χ3v) is 7.07. The van der Waals surface area contributed by atoms with Gasteiger partial charge >= 0.3 is 11.9 Å². The minimum absolute atomic E-state index is 0.0993. The molecule has 3 unspecified atom stereocenters. The van der Waals surface area contributed by atoms with E-state index < -0.39 is 37.0 Å². The second-order valence-electron chi connectivity index (χ2n) is 8.84. The number of hydrogen-bond acceptors (Lipinski definition) is 10. The minimum atomic E-state index is -3.75. The van der Waals surface area contributed by atoms with Crippen LogP contribution in [0.4, 0.5) is 5.82 Å². The second kappa shape index (κ2) is 12.4. The SMILES string of the molecule is CCCOC(=O)C(C)(C)NP(=O)(COC(C)Cn1cnc2c(N)ncnc21)OCCC(C)C(=O)O. The van der Waals surface area contributed by atoms with Crippen LogP contribution in [0.1, 0.15) is 47.5 Å². The maximum Gasteiger partial charge on any atom is 0.326 e. The quantitative estimate of drug-likeness (QED) is 0.234. The number of nitrogen functional groups attached to an aromatic ring is 1. The Balaban J connectivity index is 2.09. The average Bonchev–Trinajstić information content (AvgIpc) is 3.19. The fourth-order valence-electron chi connectivity index (χ4n) is 3.04. The number of aliphatic carboxylic acids is 1. The Morgan fingerprint density at radius 2 is 1.97 bits per heavy atom. The van der Waals surface area contributed by atoms with Crippen LogP contribution in [0, 0.1) is 5.92 Å². The van der Waals surface area contributed by atoms with E-state index in [0.717, 1.165) is 0 Å². The summed E-state index contributed by atoms with van der Waals surface area (Å²) in [7, 11) is -3.75. The van der Waals surface area contributed by atoms with Crippen molar-refractivity contribution < 1.29 is 33.3 Å². The number of nitrogens with one attached hydrogen (secondary N) is 1. The molecule has 0 aliphatic carbocycles. The number of rotatable bonds is 15. The van der Waals surface area contributed by atoms with Gasteiger partial charge in [0, 0.05) is 0 Å². The van der Waals surface area contributed by atoms with E-state index in [1.54, 1.807) is 17.8 Å². The van der Waals surface area contributed by atoms with E-state index in [1.807, 2.05) is 6.92 Å². The molecule has 0 radical (unpaired) electrons. The number of fused-ring (bicyclic) bond motifs is 1. The van der Waals surface area contributed by atoms with Crippen LogP contribution in [-0.2, 0) is 34.7 Å². The van der Waals surface area contributed by atoms with Crippen LogP contribution in [0.2, 0.25) is 0 Å². The number of nitrogens with two attached hydrogens (primary N) is 1. The van der Waals surface area contributed by atoms with Crippen LogP contribution in [-0.4, -0.2) is 67.8 Å². The summed E-state index contributed by atoms with van der Waals surface area (Å²) in [5, 5.41) is 11.9. The lowest BCUT2D eigenvalue weighted by Crippen LogP contribution is -2.47. The van der Waals surface area contributed by atoms with Gasteiger partial charge in [0.2, 0.25) is 0 Å². The van der Waals surface area contributed by atoms with Gasteiger partial charge in [-0.15, -0.1) is 0 Å². The van der Waals surface area contributed by atoms with Gasteiger partial charge in [0.05, 0.1) is 38.1 Å². The van der Waals surface area contributed by atoms with Crippen LogP contribution in [0.3, 0.4) is 0 Å². The highest BCUT2D eigenvalue weighted by Gasteiger charge is 2.38. The zero-order valence-electron chi connectivity index (χ0n) is 20.8. The number of carboxylic acids is 1. The van der Waals surface area contributed by atoms with Gasteiger partial charge in [-0.3, -0.25) is 14.2 Å². The summed E-state index contributed by atoms with van der Waals surface area (Å²) in [6.45, 7) is 8.69. The molecule has 0 saturated carbocycles. The molecule has 0 aliphatic rings. The molecule has 2 aromatic heterocycles. The Hall–Kier alpha value is -2.60. The second-order valence-corrected chi connectivity index (χ2v) is 10.9. The van der Waals surface area contributed by atoms with Crippen LogP contribution in [0.25, 0.3) is 11.2 Å². The molecule has 0 amide bonds. The number of anilines is 1. The number of esters is 1. The number of carboxylic acid groups (broad SMARTS) is 1.